The van der Waals surface area contributed by atoms with Crippen LogP contribution in [0.4, 0.5) is 0 Å². The van der Waals surface area contributed by atoms with E-state index in [1.165, 1.54) is 51.0 Å². The van der Waals surface area contributed by atoms with Crippen LogP contribution in [0.1, 0.15) is 150 Å². The lowest BCUT2D eigenvalue weighted by atomic mass is 10.1. The van der Waals surface area contributed by atoms with Crippen LogP contribution in [-0.2, 0) is 0 Å². The fourth-order valence-electron chi connectivity index (χ4n) is 4.86. The lowest BCUT2D eigenvalue weighted by Crippen LogP contribution is -2.11. The van der Waals surface area contributed by atoms with E-state index in [0.717, 1.165) is 64.2 Å². The first-order chi connectivity index (χ1) is 22.1. The van der Waals surface area contributed by atoms with Gasteiger partial charge >= 0.3 is 0 Å². The van der Waals surface area contributed by atoms with Gasteiger partial charge in [-0.3, -0.25) is 4.79 Å². The van der Waals surface area contributed by atoms with Gasteiger partial charge in [-0.25, -0.2) is 0 Å². The second-order valence-corrected chi connectivity index (χ2v) is 11.9. The Labute approximate surface area is 273 Å². The van der Waals surface area contributed by atoms with Crippen LogP contribution >= 0.6 is 0 Å². The summed E-state index contributed by atoms with van der Waals surface area (Å²) in [6, 6.07) is 5.35. The zero-order valence-electron chi connectivity index (χ0n) is 29.2. The van der Waals surface area contributed by atoms with E-state index in [-0.39, 0.29) is 11.2 Å². The van der Waals surface area contributed by atoms with Crippen LogP contribution < -0.4 is 24.4 Å². The Balaban J connectivity index is 2.42. The van der Waals surface area contributed by atoms with E-state index in [9.17, 15) is 4.79 Å². The van der Waals surface area contributed by atoms with Gasteiger partial charge in [0, 0.05) is 11.6 Å². The maximum absolute atomic E-state index is 13.4. The molecular formula is C39H62O6. The molecule has 0 amide bonds. The standard InChI is InChI=1S/C39H62O6/c1-6-11-16-17-18-19-20-21-22-23-24-33-31-34(40)38(43-27-14-9-4)37(45-33)32-29-35(41-25-12-7-2)39(44-28-15-10-5)36(30-32)42-26-13-8-3/h23-24,29-31H,6-22,25-28H2,1-5H3. The van der Waals surface area contributed by atoms with Gasteiger partial charge in [0.25, 0.3) is 0 Å². The highest BCUT2D eigenvalue weighted by Crippen LogP contribution is 2.44. The maximum Gasteiger partial charge on any atom is 0.228 e. The first-order valence-electron chi connectivity index (χ1n) is 18.1. The highest BCUT2D eigenvalue weighted by molar-refractivity contribution is 5.72. The summed E-state index contributed by atoms with van der Waals surface area (Å²) in [6.07, 6.45) is 22.9. The first kappa shape index (κ1) is 38.3. The van der Waals surface area contributed by atoms with E-state index in [2.05, 4.69) is 40.7 Å². The van der Waals surface area contributed by atoms with E-state index in [4.69, 9.17) is 23.4 Å². The second kappa shape index (κ2) is 24.4. The van der Waals surface area contributed by atoms with E-state index in [1.54, 1.807) is 0 Å². The third-order valence-electron chi connectivity index (χ3n) is 7.71. The van der Waals surface area contributed by atoms with Gasteiger partial charge in [0.15, 0.2) is 17.3 Å². The average molecular weight is 627 g/mol. The molecule has 1 heterocycles. The van der Waals surface area contributed by atoms with Crippen molar-refractivity contribution in [1.29, 1.82) is 0 Å². The Bertz CT molecular complexity index is 1100. The van der Waals surface area contributed by atoms with E-state index in [0.29, 0.717) is 60.8 Å². The van der Waals surface area contributed by atoms with Crippen LogP contribution in [0.15, 0.2) is 33.5 Å². The molecule has 0 N–H and O–H groups in total. The van der Waals surface area contributed by atoms with Crippen LogP contribution in [0.3, 0.4) is 0 Å². The summed E-state index contributed by atoms with van der Waals surface area (Å²) in [7, 11) is 0. The molecule has 6 heteroatoms. The van der Waals surface area contributed by atoms with Crippen molar-refractivity contribution in [1.82, 2.24) is 0 Å². The molecule has 0 saturated heterocycles. The Hall–Kier alpha value is -2.89. The normalized spacial score (nSPS) is 11.3. The molecule has 0 bridgehead atoms. The van der Waals surface area contributed by atoms with Gasteiger partial charge in [-0.1, -0.05) is 111 Å². The molecule has 0 aliphatic carbocycles. The number of hydrogen-bond acceptors (Lipinski definition) is 6. The largest absolute Gasteiger partial charge is 0.490 e. The molecule has 0 aliphatic rings. The molecule has 2 aromatic rings. The third-order valence-corrected chi connectivity index (χ3v) is 7.71. The van der Waals surface area contributed by atoms with Gasteiger partial charge in [0.1, 0.15) is 5.76 Å². The number of benzene rings is 1. The van der Waals surface area contributed by atoms with Crippen LogP contribution in [-0.4, -0.2) is 26.4 Å². The van der Waals surface area contributed by atoms with Crippen molar-refractivity contribution in [2.75, 3.05) is 26.4 Å². The lowest BCUT2D eigenvalue weighted by molar-refractivity contribution is 0.237. The third kappa shape index (κ3) is 14.8. The van der Waals surface area contributed by atoms with Crippen LogP contribution in [0.25, 0.3) is 17.4 Å². The summed E-state index contributed by atoms with van der Waals surface area (Å²) in [5.41, 5.74) is 0.488. The van der Waals surface area contributed by atoms with Crippen molar-refractivity contribution in [3.63, 3.8) is 0 Å². The molecule has 6 nitrogen and oxygen atoms in total. The summed E-state index contributed by atoms with van der Waals surface area (Å²) >= 11 is 0. The molecular weight excluding hydrogens is 564 g/mol. The Morgan fingerprint density at radius 3 is 1.56 bits per heavy atom. The highest BCUT2D eigenvalue weighted by Gasteiger charge is 2.22. The fraction of sp³-hybridized carbons (Fsp3) is 0.667. The van der Waals surface area contributed by atoms with Crippen molar-refractivity contribution in [3.05, 3.63) is 40.3 Å². The van der Waals surface area contributed by atoms with Crippen molar-refractivity contribution in [2.45, 2.75) is 144 Å². The molecule has 254 valence electrons. The zero-order valence-corrected chi connectivity index (χ0v) is 29.2. The quantitative estimate of drug-likeness (QED) is 0.0919. The minimum Gasteiger partial charge on any atom is -0.490 e. The summed E-state index contributed by atoms with van der Waals surface area (Å²) < 4.78 is 31.3. The molecule has 0 radical (unpaired) electrons. The minimum absolute atomic E-state index is 0.191. The first-order valence-corrected chi connectivity index (χ1v) is 18.1. The maximum atomic E-state index is 13.4. The molecule has 45 heavy (non-hydrogen) atoms. The zero-order chi connectivity index (χ0) is 32.5. The molecule has 2 rings (SSSR count). The number of ether oxygens (including phenoxy) is 4. The summed E-state index contributed by atoms with van der Waals surface area (Å²) in [6.45, 7) is 12.9. The van der Waals surface area contributed by atoms with Gasteiger partial charge in [0.2, 0.25) is 16.9 Å². The highest BCUT2D eigenvalue weighted by atomic mass is 16.5. The smallest absolute Gasteiger partial charge is 0.228 e. The Morgan fingerprint density at radius 1 is 0.556 bits per heavy atom. The van der Waals surface area contributed by atoms with Gasteiger partial charge in [-0.15, -0.1) is 0 Å². The lowest BCUT2D eigenvalue weighted by Gasteiger charge is -2.19. The van der Waals surface area contributed by atoms with Gasteiger partial charge in [-0.2, -0.15) is 0 Å². The van der Waals surface area contributed by atoms with Crippen molar-refractivity contribution in [3.8, 4) is 34.3 Å². The molecule has 0 spiro atoms. The summed E-state index contributed by atoms with van der Waals surface area (Å²) in [5.74, 6) is 2.94. The van der Waals surface area contributed by atoms with Gasteiger partial charge < -0.3 is 23.4 Å². The Morgan fingerprint density at radius 2 is 1.02 bits per heavy atom. The molecule has 1 aromatic heterocycles. The topological polar surface area (TPSA) is 67.1 Å². The molecule has 0 fully saturated rings. The molecule has 0 saturated carbocycles. The number of rotatable bonds is 27. The van der Waals surface area contributed by atoms with E-state index < -0.39 is 0 Å². The fourth-order valence-corrected chi connectivity index (χ4v) is 4.86. The number of unbranched alkanes of at least 4 members (excludes halogenated alkanes) is 12. The van der Waals surface area contributed by atoms with Gasteiger partial charge in [-0.05, 0) is 56.7 Å². The van der Waals surface area contributed by atoms with Gasteiger partial charge in [0.05, 0.1) is 26.4 Å². The average Bonchev–Trinajstić information content (AvgIpc) is 3.04. The summed E-state index contributed by atoms with van der Waals surface area (Å²) in [4.78, 5) is 13.4. The number of allylic oxidation sites excluding steroid dienone is 1. The molecule has 0 aliphatic heterocycles. The van der Waals surface area contributed by atoms with E-state index in [1.807, 2.05) is 18.2 Å². The minimum atomic E-state index is -0.191. The second-order valence-electron chi connectivity index (χ2n) is 11.9. The van der Waals surface area contributed by atoms with Crippen molar-refractivity contribution in [2.24, 2.45) is 0 Å². The van der Waals surface area contributed by atoms with Crippen LogP contribution in [0, 0.1) is 0 Å². The Kier molecular flexibility index (Phi) is 20.7. The van der Waals surface area contributed by atoms with Crippen molar-refractivity contribution >= 4 is 6.08 Å². The molecule has 1 aromatic carbocycles. The molecule has 0 atom stereocenters. The molecule has 0 unspecified atom stereocenters. The van der Waals surface area contributed by atoms with Crippen LogP contribution in [0.5, 0.6) is 23.0 Å². The SMILES string of the molecule is CCCCCCCCCCC=Cc1cc(=O)c(OCCCC)c(-c2cc(OCCCC)c(OCCCC)c(OCCCC)c2)o1. The van der Waals surface area contributed by atoms with Crippen molar-refractivity contribution < 1.29 is 23.4 Å². The predicted octanol–water partition coefficient (Wildman–Crippen LogP) is 11.6. The summed E-state index contributed by atoms with van der Waals surface area (Å²) in [5, 5.41) is 0. The van der Waals surface area contributed by atoms with Crippen LogP contribution in [0.2, 0.25) is 0 Å². The number of hydrogen-bond donors (Lipinski definition) is 0. The van der Waals surface area contributed by atoms with E-state index >= 15 is 0 Å². The predicted molar refractivity (Wildman–Crippen MR) is 188 cm³/mol. The monoisotopic (exact) mass is 626 g/mol.